The van der Waals surface area contributed by atoms with E-state index in [9.17, 15) is 19.2 Å². The number of pyridine rings is 1. The van der Waals surface area contributed by atoms with Crippen molar-refractivity contribution in [2.45, 2.75) is 83.1 Å². The Morgan fingerprint density at radius 2 is 1.98 bits per heavy atom. The van der Waals surface area contributed by atoms with Crippen LogP contribution in [0.3, 0.4) is 0 Å². The molecule has 0 saturated carbocycles. The Hall–Kier alpha value is -3.86. The molecular weight excluding hydrogens is 541 g/mol. The van der Waals surface area contributed by atoms with Crippen LogP contribution in [0.25, 0.3) is 11.3 Å². The predicted octanol–water partition coefficient (Wildman–Crippen LogP) is 3.62. The second-order valence-electron chi connectivity index (χ2n) is 12.8. The lowest BCUT2D eigenvalue weighted by molar-refractivity contribution is -0.136. The van der Waals surface area contributed by atoms with Crippen LogP contribution in [0.1, 0.15) is 74.4 Å². The van der Waals surface area contributed by atoms with E-state index in [2.05, 4.69) is 15.2 Å². The van der Waals surface area contributed by atoms with E-state index >= 15 is 4.39 Å². The van der Waals surface area contributed by atoms with Crippen LogP contribution >= 0.6 is 0 Å². The summed E-state index contributed by atoms with van der Waals surface area (Å²) in [5.74, 6) is -1.50. The van der Waals surface area contributed by atoms with Crippen molar-refractivity contribution in [2.24, 2.45) is 0 Å². The molecule has 222 valence electrons. The molecule has 1 aromatic heterocycles. The topological polar surface area (TPSA) is 112 Å². The maximum absolute atomic E-state index is 15.9. The number of likely N-dealkylation sites (tertiary alicyclic amines) is 2. The number of fused-ring (bicyclic) bond motifs is 1. The Labute approximate surface area is 244 Å². The molecule has 3 saturated heterocycles. The quantitative estimate of drug-likeness (QED) is 0.553. The van der Waals surface area contributed by atoms with Crippen LogP contribution < -0.4 is 5.32 Å². The number of carbonyl (C=O) groups excluding carboxylic acids is 4. The van der Waals surface area contributed by atoms with Gasteiger partial charge in [-0.2, -0.15) is 0 Å². The van der Waals surface area contributed by atoms with Gasteiger partial charge in [0.05, 0.1) is 5.54 Å². The molecular formula is C31H36FN5O5. The molecule has 4 amide bonds. The van der Waals surface area contributed by atoms with Gasteiger partial charge in [0.15, 0.2) is 5.82 Å². The molecule has 4 aliphatic rings. The number of rotatable bonds is 4. The largest absolute Gasteiger partial charge is 0.444 e. The second kappa shape index (κ2) is 10.4. The minimum atomic E-state index is -0.709. The lowest BCUT2D eigenvalue weighted by Crippen LogP contribution is -2.52. The average molecular weight is 578 g/mol. The van der Waals surface area contributed by atoms with Gasteiger partial charge in [0, 0.05) is 62.0 Å². The summed E-state index contributed by atoms with van der Waals surface area (Å²) >= 11 is 0. The van der Waals surface area contributed by atoms with Gasteiger partial charge in [-0.3, -0.25) is 29.6 Å². The van der Waals surface area contributed by atoms with E-state index in [0.717, 1.165) is 25.8 Å². The van der Waals surface area contributed by atoms with E-state index in [1.54, 1.807) is 30.5 Å². The van der Waals surface area contributed by atoms with Gasteiger partial charge >= 0.3 is 6.09 Å². The summed E-state index contributed by atoms with van der Waals surface area (Å²) in [6, 6.07) is 6.07. The number of nitrogens with one attached hydrogen (secondary N) is 1. The minimum absolute atomic E-state index is 0.181. The summed E-state index contributed by atoms with van der Waals surface area (Å²) in [6.45, 7) is 8.26. The van der Waals surface area contributed by atoms with Gasteiger partial charge < -0.3 is 14.5 Å². The summed E-state index contributed by atoms with van der Waals surface area (Å²) in [7, 11) is 0. The fraction of sp³-hybridized carbons (Fsp3) is 0.516. The Balaban J connectivity index is 1.17. The number of hydrogen-bond donors (Lipinski definition) is 1. The molecule has 1 aromatic carbocycles. The third-order valence-electron chi connectivity index (χ3n) is 8.78. The lowest BCUT2D eigenvalue weighted by Gasteiger charge is -2.36. The molecule has 10 nitrogen and oxygen atoms in total. The summed E-state index contributed by atoms with van der Waals surface area (Å²) in [6.07, 6.45) is 4.40. The predicted molar refractivity (Wildman–Crippen MR) is 150 cm³/mol. The Morgan fingerprint density at radius 1 is 1.17 bits per heavy atom. The smallest absolute Gasteiger partial charge is 0.410 e. The van der Waals surface area contributed by atoms with E-state index in [1.165, 1.54) is 4.90 Å². The first-order valence-corrected chi connectivity index (χ1v) is 14.6. The number of carbonyl (C=O) groups is 4. The maximum atomic E-state index is 15.9. The number of piperidine rings is 1. The molecule has 1 N–H and O–H groups in total. The number of benzene rings is 1. The third-order valence-corrected chi connectivity index (χ3v) is 8.78. The summed E-state index contributed by atoms with van der Waals surface area (Å²) < 4.78 is 21.6. The number of ether oxygens (including phenoxy) is 1. The number of aromatic nitrogens is 1. The van der Waals surface area contributed by atoms with E-state index in [4.69, 9.17) is 4.74 Å². The molecule has 42 heavy (non-hydrogen) atoms. The average Bonchev–Trinajstić information content (AvgIpc) is 3.62. The second-order valence-corrected chi connectivity index (χ2v) is 12.8. The van der Waals surface area contributed by atoms with Crippen LogP contribution in [0.15, 0.2) is 30.5 Å². The molecule has 0 bridgehead atoms. The van der Waals surface area contributed by atoms with Crippen molar-refractivity contribution in [3.05, 3.63) is 53.0 Å². The van der Waals surface area contributed by atoms with E-state index in [-0.39, 0.29) is 48.5 Å². The molecule has 3 fully saturated rings. The molecule has 11 heteroatoms. The van der Waals surface area contributed by atoms with Gasteiger partial charge in [0.2, 0.25) is 11.8 Å². The van der Waals surface area contributed by atoms with Crippen molar-refractivity contribution in [1.82, 2.24) is 25.0 Å². The molecule has 4 aliphatic heterocycles. The first-order chi connectivity index (χ1) is 19.9. The minimum Gasteiger partial charge on any atom is -0.444 e. The highest BCUT2D eigenvalue weighted by atomic mass is 19.1. The molecule has 1 spiro atoms. The standard InChI is InChI=1S/C31H36FN5O5/c1-30(2,3)42-29(41)37-13-4-10-31(37)11-14-35(18-31)16-20-9-12-33-26(25(20)32)19-5-6-22-21(15-19)17-36(28(22)40)23-7-8-24(38)34-27(23)39/h5-6,9,12,15,23H,4,7-8,10-11,13-14,16-18H2,1-3H3,(H,34,38,39). The zero-order valence-corrected chi connectivity index (χ0v) is 24.2. The molecule has 2 atom stereocenters. The van der Waals surface area contributed by atoms with Gasteiger partial charge in [-0.15, -0.1) is 0 Å². The fourth-order valence-corrected chi connectivity index (χ4v) is 6.81. The number of imide groups is 1. The highest BCUT2D eigenvalue weighted by Gasteiger charge is 2.49. The Bertz CT molecular complexity index is 1470. The molecule has 2 unspecified atom stereocenters. The van der Waals surface area contributed by atoms with Crippen LogP contribution in [-0.2, 0) is 27.4 Å². The highest BCUT2D eigenvalue weighted by Crippen LogP contribution is 2.39. The van der Waals surface area contributed by atoms with Gasteiger partial charge in [-0.05, 0) is 70.2 Å². The fourth-order valence-electron chi connectivity index (χ4n) is 6.81. The first kappa shape index (κ1) is 28.3. The first-order valence-electron chi connectivity index (χ1n) is 14.6. The van der Waals surface area contributed by atoms with Crippen LogP contribution in [-0.4, -0.2) is 80.3 Å². The zero-order chi connectivity index (χ0) is 29.8. The van der Waals surface area contributed by atoms with Crippen molar-refractivity contribution in [2.75, 3.05) is 19.6 Å². The highest BCUT2D eigenvalue weighted by molar-refractivity contribution is 6.05. The number of halogens is 1. The van der Waals surface area contributed by atoms with Crippen LogP contribution in [0.2, 0.25) is 0 Å². The molecule has 0 aliphatic carbocycles. The Kier molecular flexibility index (Phi) is 7.03. The summed E-state index contributed by atoms with van der Waals surface area (Å²) in [5.41, 5.74) is 1.57. The van der Waals surface area contributed by atoms with Crippen LogP contribution in [0.5, 0.6) is 0 Å². The van der Waals surface area contributed by atoms with Crippen molar-refractivity contribution < 1.29 is 28.3 Å². The normalized spacial score (nSPS) is 24.5. The van der Waals surface area contributed by atoms with E-state index in [1.807, 2.05) is 25.7 Å². The number of hydrogen-bond acceptors (Lipinski definition) is 7. The van der Waals surface area contributed by atoms with Crippen LogP contribution in [0, 0.1) is 5.82 Å². The van der Waals surface area contributed by atoms with Crippen molar-refractivity contribution in [3.8, 4) is 11.3 Å². The number of nitrogens with zero attached hydrogens (tertiary/aromatic N) is 4. The number of amides is 4. The maximum Gasteiger partial charge on any atom is 0.410 e. The molecule has 0 radical (unpaired) electrons. The third kappa shape index (κ3) is 5.14. The SMILES string of the molecule is CC(C)(C)OC(=O)N1CCCC12CCN(Cc1ccnc(-c3ccc4c(c3)CN(C3CCC(=O)NC3=O)C4=O)c1F)C2. The van der Waals surface area contributed by atoms with Gasteiger partial charge in [-0.1, -0.05) is 6.07 Å². The van der Waals surface area contributed by atoms with Crippen LogP contribution in [0.4, 0.5) is 9.18 Å². The van der Waals surface area contributed by atoms with Crippen molar-refractivity contribution >= 4 is 23.8 Å². The van der Waals surface area contributed by atoms with E-state index < -0.39 is 23.4 Å². The molecule has 5 heterocycles. The van der Waals surface area contributed by atoms with Gasteiger partial charge in [0.1, 0.15) is 17.3 Å². The zero-order valence-electron chi connectivity index (χ0n) is 24.2. The monoisotopic (exact) mass is 577 g/mol. The Morgan fingerprint density at radius 3 is 2.74 bits per heavy atom. The summed E-state index contributed by atoms with van der Waals surface area (Å²) in [4.78, 5) is 59.8. The summed E-state index contributed by atoms with van der Waals surface area (Å²) in [5, 5.41) is 2.31. The van der Waals surface area contributed by atoms with E-state index in [0.29, 0.717) is 41.9 Å². The lowest BCUT2D eigenvalue weighted by atomic mass is 9.95. The van der Waals surface area contributed by atoms with Gasteiger partial charge in [-0.25, -0.2) is 9.18 Å². The molecule has 2 aromatic rings. The molecule has 6 rings (SSSR count). The van der Waals surface area contributed by atoms with Crippen molar-refractivity contribution in [3.63, 3.8) is 0 Å². The van der Waals surface area contributed by atoms with Crippen molar-refractivity contribution in [1.29, 1.82) is 0 Å². The van der Waals surface area contributed by atoms with Gasteiger partial charge in [0.25, 0.3) is 5.91 Å².